The summed E-state index contributed by atoms with van der Waals surface area (Å²) < 4.78 is 12.8. The van der Waals surface area contributed by atoms with Crippen molar-refractivity contribution in [3.8, 4) is 0 Å². The van der Waals surface area contributed by atoms with Gasteiger partial charge in [0.25, 0.3) is 0 Å². The van der Waals surface area contributed by atoms with Gasteiger partial charge in [0.2, 0.25) is 35.4 Å². The molecular weight excluding hydrogens is 1200 g/mol. The summed E-state index contributed by atoms with van der Waals surface area (Å²) in [6.45, 7) is 6.96. The highest BCUT2D eigenvalue weighted by Crippen LogP contribution is 2.68. The van der Waals surface area contributed by atoms with Crippen molar-refractivity contribution in [1.82, 2.24) is 20.4 Å². The Morgan fingerprint density at radius 1 is 0.438 bits per heavy atom. The molecular formula is C80H114N8O8. The zero-order valence-electron chi connectivity index (χ0n) is 58.0. The first-order valence-corrected chi connectivity index (χ1v) is 39.3. The van der Waals surface area contributed by atoms with Crippen LogP contribution >= 0.6 is 0 Å². The molecule has 12 atom stereocenters. The van der Waals surface area contributed by atoms with Gasteiger partial charge in [0, 0.05) is 109 Å². The van der Waals surface area contributed by atoms with E-state index in [0.29, 0.717) is 87.5 Å². The Hall–Kier alpha value is -5.42. The monoisotopic (exact) mass is 1310 g/mol. The van der Waals surface area contributed by atoms with Crippen LogP contribution in [0.5, 0.6) is 0 Å². The van der Waals surface area contributed by atoms with Crippen LogP contribution in [0.4, 0.5) is 22.7 Å². The van der Waals surface area contributed by atoms with Gasteiger partial charge < -0.3 is 40.5 Å². The summed E-state index contributed by atoms with van der Waals surface area (Å²) in [6.07, 6.45) is 44.3. The van der Waals surface area contributed by atoms with Crippen molar-refractivity contribution in [2.45, 2.75) is 291 Å². The molecule has 10 aliphatic heterocycles. The molecule has 4 bridgehead atoms. The number of nitrogens with zero attached hydrogens (tertiary/aromatic N) is 4. The molecule has 2 aliphatic carbocycles. The fraction of sp³-hybridized carbons (Fsp3) is 0.725. The first kappa shape index (κ1) is 67.7. The molecule has 0 aromatic heterocycles. The standard InChI is InChI=1S/C80H114N8O8/c89-69(81-41-27-21-15-9-7-13-19-25-31-71(91)83-57-33-35-63-61(47-57)79-39-43-85-53-55-37-45-95-65-51-73(93)87(63)77(79)75(65)59(55)49-67(79)85)29-23-17-11-5-3-1-2-4-6-12-18-24-30-70(90)82-42-28-22-16-10-8-14-20-26-32-72(92)84-58-34-36-64-62(48-58)80-40-44-86-54-56-38-46-96-66-52-74(94)88(64)78(80)76(66)60(56)50-68(80)86/h33-38,47-48,59-60,65-68,75-78H,1-32,39-46,49-54H2,(H,81,89)(H,82,90)(H,83,91)(H,84,92)/t59-,60-,65-,66-,67-,68-,75-,76-,77-,78-,79+,80+/m0/s1. The third-order valence-electron chi connectivity index (χ3n) is 26.0. The van der Waals surface area contributed by atoms with Gasteiger partial charge in [0.05, 0.1) is 50.3 Å². The number of rotatable bonds is 39. The van der Waals surface area contributed by atoms with E-state index in [4.69, 9.17) is 9.47 Å². The van der Waals surface area contributed by atoms with E-state index >= 15 is 0 Å². The van der Waals surface area contributed by atoms with Crippen LogP contribution in [0, 0.1) is 23.7 Å². The minimum atomic E-state index is -0.0961. The number of anilines is 4. The Bertz CT molecular complexity index is 2990. The molecule has 16 nitrogen and oxygen atoms in total. The number of carbonyl (C=O) groups is 6. The maximum atomic E-state index is 13.8. The summed E-state index contributed by atoms with van der Waals surface area (Å²) in [7, 11) is 0. The minimum Gasteiger partial charge on any atom is -0.373 e. The molecule has 10 heterocycles. The minimum absolute atomic E-state index is 0.0101. The predicted octanol–water partition coefficient (Wildman–Crippen LogP) is 13.8. The fourth-order valence-corrected chi connectivity index (χ4v) is 21.6. The number of nitrogens with one attached hydrogen (secondary N) is 4. The molecule has 14 rings (SSSR count). The lowest BCUT2D eigenvalue weighted by molar-refractivity contribution is -0.133. The van der Waals surface area contributed by atoms with E-state index in [9.17, 15) is 28.8 Å². The van der Waals surface area contributed by atoms with Gasteiger partial charge in [0.1, 0.15) is 0 Å². The molecule has 16 heteroatoms. The van der Waals surface area contributed by atoms with Gasteiger partial charge in [-0.25, -0.2) is 0 Å². The Morgan fingerprint density at radius 3 is 1.16 bits per heavy atom. The summed E-state index contributed by atoms with van der Waals surface area (Å²) in [4.78, 5) is 88.6. The fourth-order valence-electron chi connectivity index (χ4n) is 21.6. The van der Waals surface area contributed by atoms with Crippen LogP contribution in [0.2, 0.25) is 0 Å². The largest absolute Gasteiger partial charge is 0.373 e. The van der Waals surface area contributed by atoms with E-state index in [1.165, 1.54) is 112 Å². The Kier molecular flexibility index (Phi) is 21.9. The first-order chi connectivity index (χ1) is 47.1. The molecule has 2 aromatic carbocycles. The average Bonchev–Trinajstić information content (AvgIpc) is 1.50. The van der Waals surface area contributed by atoms with Crippen LogP contribution in [-0.2, 0) is 49.1 Å². The summed E-state index contributed by atoms with van der Waals surface area (Å²) in [6, 6.07) is 13.8. The van der Waals surface area contributed by atoms with Crippen LogP contribution in [0.15, 0.2) is 59.7 Å². The van der Waals surface area contributed by atoms with E-state index in [0.717, 1.165) is 178 Å². The maximum absolute atomic E-state index is 13.8. The number of hydrogen-bond donors (Lipinski definition) is 4. The maximum Gasteiger partial charge on any atom is 0.229 e. The van der Waals surface area contributed by atoms with Gasteiger partial charge in [0.15, 0.2) is 0 Å². The highest BCUT2D eigenvalue weighted by molar-refractivity contribution is 6.02. The van der Waals surface area contributed by atoms with Gasteiger partial charge in [-0.05, 0) is 137 Å². The normalized spacial score (nSPS) is 29.5. The molecule has 2 spiro atoms. The highest BCUT2D eigenvalue weighted by atomic mass is 16.5. The number of unbranched alkanes of at least 4 members (excludes halogenated alkanes) is 25. The van der Waals surface area contributed by atoms with Gasteiger partial charge in [-0.1, -0.05) is 165 Å². The van der Waals surface area contributed by atoms with Crippen LogP contribution in [-0.4, -0.2) is 134 Å². The van der Waals surface area contributed by atoms with Crippen molar-refractivity contribution in [2.24, 2.45) is 23.7 Å². The lowest BCUT2D eigenvalue weighted by Crippen LogP contribution is -2.69. The van der Waals surface area contributed by atoms with Crippen molar-refractivity contribution in [2.75, 3.05) is 72.9 Å². The van der Waals surface area contributed by atoms with Crippen molar-refractivity contribution >= 4 is 58.2 Å². The first-order valence-electron chi connectivity index (χ1n) is 39.3. The van der Waals surface area contributed by atoms with Crippen LogP contribution < -0.4 is 31.1 Å². The molecule has 4 N–H and O–H groups in total. The molecule has 6 saturated heterocycles. The Labute approximate surface area is 572 Å². The third-order valence-corrected chi connectivity index (χ3v) is 26.0. The third kappa shape index (κ3) is 13.8. The number of benzene rings is 2. The van der Waals surface area contributed by atoms with Crippen LogP contribution in [0.1, 0.15) is 255 Å². The van der Waals surface area contributed by atoms with Crippen LogP contribution in [0.3, 0.4) is 0 Å². The summed E-state index contributed by atoms with van der Waals surface area (Å²) >= 11 is 0. The molecule has 8 fully saturated rings. The zero-order valence-corrected chi connectivity index (χ0v) is 58.0. The van der Waals surface area contributed by atoms with E-state index in [-0.39, 0.29) is 70.6 Å². The number of ether oxygens (including phenoxy) is 2. The van der Waals surface area contributed by atoms with Gasteiger partial charge >= 0.3 is 0 Å². The quantitative estimate of drug-likeness (QED) is 0.0371. The Balaban J connectivity index is 0.358. The summed E-state index contributed by atoms with van der Waals surface area (Å²) in [5, 5.41) is 12.8. The van der Waals surface area contributed by atoms with Crippen molar-refractivity contribution in [1.29, 1.82) is 0 Å². The van der Waals surface area contributed by atoms with E-state index in [2.05, 4.69) is 77.3 Å². The molecule has 0 radical (unpaired) electrons. The van der Waals surface area contributed by atoms with Crippen molar-refractivity contribution in [3.63, 3.8) is 0 Å². The molecule has 6 amide bonds. The lowest BCUT2D eigenvalue weighted by Gasteiger charge is -2.58. The van der Waals surface area contributed by atoms with E-state index in [1.807, 2.05) is 12.1 Å². The smallest absolute Gasteiger partial charge is 0.229 e. The van der Waals surface area contributed by atoms with Gasteiger partial charge in [-0.2, -0.15) is 0 Å². The van der Waals surface area contributed by atoms with Crippen molar-refractivity contribution < 1.29 is 38.2 Å². The molecule has 96 heavy (non-hydrogen) atoms. The highest BCUT2D eigenvalue weighted by Gasteiger charge is 2.73. The average molecular weight is 1320 g/mol. The van der Waals surface area contributed by atoms with Gasteiger partial charge in [-0.3, -0.25) is 38.6 Å². The Morgan fingerprint density at radius 2 is 0.781 bits per heavy atom. The number of fused-ring (bicyclic) bond motifs is 4. The second kappa shape index (κ2) is 31.0. The second-order valence-corrected chi connectivity index (χ2v) is 31.7. The molecule has 0 unspecified atom stereocenters. The van der Waals surface area contributed by atoms with E-state index < -0.39 is 0 Å². The second-order valence-electron chi connectivity index (χ2n) is 31.7. The number of amides is 6. The number of piperidine rings is 4. The molecule has 2 aromatic rings. The summed E-state index contributed by atoms with van der Waals surface area (Å²) in [5.41, 5.74) is 9.27. The van der Waals surface area contributed by atoms with Crippen LogP contribution in [0.25, 0.3) is 0 Å². The molecule has 522 valence electrons. The van der Waals surface area contributed by atoms with Gasteiger partial charge in [-0.15, -0.1) is 0 Å². The zero-order chi connectivity index (χ0) is 65.6. The SMILES string of the molecule is O=C(CCCCCCCCCCCCCCC(=O)NCCCCCCCCCCC(=O)Nc1ccc2c(c1)[C@@]13CCN4CC5=CCO[C@H]6CC(=O)N2[C@H]1[C@H]6[C@H]5C[C@H]43)NCCCCCCCCCCC(=O)Nc1ccc2c(c1)[C@@]13CCN4CC5=CCO[C@H]6CC(=O)N2[C@H]1[C@H]6[C@H]5C[C@H]43. The number of carbonyl (C=O) groups excluding carboxylic acids is 6. The summed E-state index contributed by atoms with van der Waals surface area (Å²) in [5.74, 6) is 2.59. The topological polar surface area (TPSA) is 182 Å². The number of hydrogen-bond acceptors (Lipinski definition) is 10. The van der Waals surface area contributed by atoms with Crippen molar-refractivity contribution in [3.05, 3.63) is 70.8 Å². The predicted molar refractivity (Wildman–Crippen MR) is 378 cm³/mol. The molecule has 2 saturated carbocycles. The lowest BCUT2D eigenvalue weighted by atomic mass is 9.53. The van der Waals surface area contributed by atoms with E-state index in [1.54, 1.807) is 0 Å². The molecule has 12 aliphatic rings.